The Kier molecular flexibility index (Phi) is 17.1. The molecule has 4 fully saturated rings. The van der Waals surface area contributed by atoms with Gasteiger partial charge in [0, 0.05) is 26.9 Å². The van der Waals surface area contributed by atoms with Gasteiger partial charge in [0.05, 0.1) is 19.3 Å². The van der Waals surface area contributed by atoms with Crippen molar-refractivity contribution in [3.8, 4) is 0 Å². The highest BCUT2D eigenvalue weighted by molar-refractivity contribution is 5.96. The van der Waals surface area contributed by atoms with Gasteiger partial charge < -0.3 is 86.4 Å². The molecule has 0 saturated carbocycles. The molecular formula is C36H59N7O17. The van der Waals surface area contributed by atoms with Gasteiger partial charge in [-0.1, -0.05) is 0 Å². The molecule has 16 atom stereocenters. The maximum Gasteiger partial charge on any atom is 0.246 e. The minimum absolute atomic E-state index is 0.168. The number of carbonyl (C=O) groups is 7. The van der Waals surface area contributed by atoms with Gasteiger partial charge in [-0.3, -0.25) is 33.6 Å². The van der Waals surface area contributed by atoms with Crippen molar-refractivity contribution in [1.82, 2.24) is 31.1 Å². The maximum atomic E-state index is 13.8. The van der Waals surface area contributed by atoms with Crippen LogP contribution in [0.5, 0.6) is 0 Å². The molecule has 60 heavy (non-hydrogen) atoms. The summed E-state index contributed by atoms with van der Waals surface area (Å²) in [5.41, 5.74) is 5.27. The molecule has 4 rings (SSSR count). The van der Waals surface area contributed by atoms with Gasteiger partial charge in [-0.25, -0.2) is 0 Å². The van der Waals surface area contributed by atoms with Gasteiger partial charge in [0.1, 0.15) is 79.0 Å². The Morgan fingerprint density at radius 1 is 0.733 bits per heavy atom. The molecule has 12 N–H and O–H groups in total. The number of primary amides is 1. The Hall–Kier alpha value is -4.11. The van der Waals surface area contributed by atoms with Gasteiger partial charge in [0.25, 0.3) is 0 Å². The first-order valence-corrected chi connectivity index (χ1v) is 19.8. The van der Waals surface area contributed by atoms with Gasteiger partial charge in [0.15, 0.2) is 12.6 Å². The van der Waals surface area contributed by atoms with Gasteiger partial charge in [-0.2, -0.15) is 0 Å². The molecule has 340 valence electrons. The summed E-state index contributed by atoms with van der Waals surface area (Å²) in [5, 5.41) is 72.0. The van der Waals surface area contributed by atoms with E-state index in [9.17, 15) is 64.2 Å². The van der Waals surface area contributed by atoms with Crippen LogP contribution >= 0.6 is 0 Å². The van der Waals surface area contributed by atoms with Crippen molar-refractivity contribution in [3.05, 3.63) is 0 Å². The number of aliphatic hydroxyl groups is 6. The SMILES string of the molecule is CC(=O)NC(C(=O)NC(C)C(=O)N1CCCC1C(=O)N1CCCC1C(=O)NC(C)C(N)=O)C(C)O[C@H]1OC(CO)[C@H](O)C(O[C@@H]2OC(CO)[C@H](O)C(O)[C@@H]2O)[C@@H]1NC(C)=O. The molecule has 0 aromatic carbocycles. The lowest BCUT2D eigenvalue weighted by atomic mass is 9.95. The van der Waals surface area contributed by atoms with E-state index in [1.165, 1.54) is 30.6 Å². The highest BCUT2D eigenvalue weighted by Crippen LogP contribution is 2.31. The lowest BCUT2D eigenvalue weighted by Crippen LogP contribution is -2.68. The van der Waals surface area contributed by atoms with E-state index in [0.29, 0.717) is 19.3 Å². The predicted octanol–water partition coefficient (Wildman–Crippen LogP) is -6.86. The number of nitrogens with one attached hydrogen (secondary N) is 4. The summed E-state index contributed by atoms with van der Waals surface area (Å²) >= 11 is 0. The van der Waals surface area contributed by atoms with E-state index < -0.39 is 152 Å². The largest absolute Gasteiger partial charge is 0.394 e. The first-order chi connectivity index (χ1) is 28.2. The Bertz CT molecular complexity index is 1570. The van der Waals surface area contributed by atoms with Crippen molar-refractivity contribution in [2.75, 3.05) is 26.3 Å². The van der Waals surface area contributed by atoms with Crippen molar-refractivity contribution < 1.29 is 83.1 Å². The van der Waals surface area contributed by atoms with Crippen LogP contribution in [0, 0.1) is 0 Å². The summed E-state index contributed by atoms with van der Waals surface area (Å²) in [5.74, 6) is -4.71. The lowest BCUT2D eigenvalue weighted by molar-refractivity contribution is -0.347. The van der Waals surface area contributed by atoms with E-state index >= 15 is 0 Å². The molecule has 0 aromatic heterocycles. The summed E-state index contributed by atoms with van der Waals surface area (Å²) in [6.07, 6.45) is -15.0. The Morgan fingerprint density at radius 2 is 1.32 bits per heavy atom. The molecule has 4 heterocycles. The van der Waals surface area contributed by atoms with E-state index in [4.69, 9.17) is 24.7 Å². The Balaban J connectivity index is 1.49. The zero-order valence-corrected chi connectivity index (χ0v) is 34.0. The number of likely N-dealkylation sites (tertiary alicyclic amines) is 2. The molecule has 4 saturated heterocycles. The van der Waals surface area contributed by atoms with Gasteiger partial charge >= 0.3 is 0 Å². The average molecular weight is 862 g/mol. The van der Waals surface area contributed by atoms with Crippen LogP contribution in [-0.2, 0) is 52.5 Å². The monoisotopic (exact) mass is 861 g/mol. The molecule has 0 radical (unpaired) electrons. The molecule has 24 nitrogen and oxygen atoms in total. The topological polar surface area (TPSA) is 358 Å². The summed E-state index contributed by atoms with van der Waals surface area (Å²) in [4.78, 5) is 93.4. The van der Waals surface area contributed by atoms with Gasteiger partial charge in [-0.05, 0) is 46.5 Å². The molecule has 7 amide bonds. The Labute approximate surface area is 345 Å². The number of hydrogen-bond donors (Lipinski definition) is 11. The lowest BCUT2D eigenvalue weighted by Gasteiger charge is -2.48. The van der Waals surface area contributed by atoms with Crippen LogP contribution in [0.1, 0.15) is 60.3 Å². The average Bonchev–Trinajstić information content (AvgIpc) is 3.89. The van der Waals surface area contributed by atoms with Crippen molar-refractivity contribution in [3.63, 3.8) is 0 Å². The van der Waals surface area contributed by atoms with E-state index in [0.717, 1.165) is 13.8 Å². The van der Waals surface area contributed by atoms with Gasteiger partial charge in [-0.15, -0.1) is 0 Å². The van der Waals surface area contributed by atoms with E-state index in [1.54, 1.807) is 0 Å². The van der Waals surface area contributed by atoms with Crippen LogP contribution in [0.25, 0.3) is 0 Å². The number of hydrogen-bond acceptors (Lipinski definition) is 17. The van der Waals surface area contributed by atoms with Crippen LogP contribution in [0.3, 0.4) is 0 Å². The molecule has 0 spiro atoms. The fourth-order valence-corrected chi connectivity index (χ4v) is 7.75. The molecule has 0 aliphatic carbocycles. The highest BCUT2D eigenvalue weighted by atomic mass is 16.7. The number of aliphatic hydroxyl groups excluding tert-OH is 6. The zero-order valence-electron chi connectivity index (χ0n) is 34.0. The number of rotatable bonds is 16. The number of ether oxygens (including phenoxy) is 4. The minimum Gasteiger partial charge on any atom is -0.394 e. The van der Waals surface area contributed by atoms with E-state index in [1.807, 2.05) is 0 Å². The van der Waals surface area contributed by atoms with Crippen LogP contribution in [-0.4, -0.2) is 206 Å². The number of nitrogens with two attached hydrogens (primary N) is 1. The van der Waals surface area contributed by atoms with Crippen molar-refractivity contribution in [2.24, 2.45) is 5.73 Å². The molecule has 24 heteroatoms. The fourth-order valence-electron chi connectivity index (χ4n) is 7.75. The second-order valence-corrected chi connectivity index (χ2v) is 15.5. The van der Waals surface area contributed by atoms with E-state index in [2.05, 4.69) is 21.3 Å². The molecule has 4 aliphatic heterocycles. The van der Waals surface area contributed by atoms with Crippen molar-refractivity contribution in [2.45, 2.75) is 158 Å². The first-order valence-electron chi connectivity index (χ1n) is 19.8. The van der Waals surface area contributed by atoms with Gasteiger partial charge in [0.2, 0.25) is 41.4 Å². The molecule has 0 aromatic rings. The number of nitrogens with zero attached hydrogens (tertiary/aromatic N) is 2. The molecular weight excluding hydrogens is 802 g/mol. The highest BCUT2D eigenvalue weighted by Gasteiger charge is 2.52. The van der Waals surface area contributed by atoms with Crippen LogP contribution in [0.4, 0.5) is 0 Å². The standard InChI is InChI=1S/C36H59N7O17/c1-14(30(37)52)38-31(53)19-8-6-10-42(19)34(56)20-9-7-11-43(20)33(55)15(2)39-32(54)23(40-17(4)46)16(3)57-35-24(41-18(5)47)29(26(49)22(13-45)58-35)60-36-28(51)27(50)25(48)21(12-44)59-36/h14-16,19-29,35-36,44-45,48-51H,6-13H2,1-5H3,(H2,37,52)(H,38,53)(H,39,54)(H,40,46)(H,41,47)/t14?,15?,16?,19?,20?,21?,22?,23?,24-,25-,26-,27?,28-,29?,35-,36-/m0/s1. The normalized spacial score (nSPS) is 33.9. The quantitative estimate of drug-likeness (QED) is 0.0687. The summed E-state index contributed by atoms with van der Waals surface area (Å²) in [6.45, 7) is 5.13. The molecule has 4 aliphatic rings. The summed E-state index contributed by atoms with van der Waals surface area (Å²) < 4.78 is 23.1. The third kappa shape index (κ3) is 11.2. The van der Waals surface area contributed by atoms with Crippen LogP contribution in [0.15, 0.2) is 0 Å². The van der Waals surface area contributed by atoms with Crippen molar-refractivity contribution in [1.29, 1.82) is 0 Å². The summed E-state index contributed by atoms with van der Waals surface area (Å²) in [6, 6.07) is -7.09. The fraction of sp³-hybridized carbons (Fsp3) is 0.806. The van der Waals surface area contributed by atoms with E-state index in [-0.39, 0.29) is 19.5 Å². The Morgan fingerprint density at radius 3 is 1.90 bits per heavy atom. The van der Waals surface area contributed by atoms with Crippen molar-refractivity contribution >= 4 is 41.4 Å². The minimum atomic E-state index is -1.92. The predicted molar refractivity (Wildman–Crippen MR) is 200 cm³/mol. The second kappa shape index (κ2) is 21.1. The van der Waals surface area contributed by atoms with Crippen LogP contribution < -0.4 is 27.0 Å². The first kappa shape index (κ1) is 48.6. The second-order valence-electron chi connectivity index (χ2n) is 15.5. The zero-order chi connectivity index (χ0) is 44.7. The third-order valence-electron chi connectivity index (χ3n) is 11.0. The third-order valence-corrected chi connectivity index (χ3v) is 11.0. The summed E-state index contributed by atoms with van der Waals surface area (Å²) in [7, 11) is 0. The number of carbonyl (C=O) groups excluding carboxylic acids is 7. The van der Waals surface area contributed by atoms with Crippen LogP contribution in [0.2, 0.25) is 0 Å². The smallest absolute Gasteiger partial charge is 0.246 e. The number of amides is 7. The maximum absolute atomic E-state index is 13.8. The molecule has 0 bridgehead atoms. The molecule has 10 unspecified atom stereocenters.